The third-order valence-corrected chi connectivity index (χ3v) is 6.53. The fraction of sp³-hybridized carbons (Fsp3) is 0.321. The van der Waals surface area contributed by atoms with Gasteiger partial charge in [-0.05, 0) is 101 Å². The Bertz CT molecular complexity index is 1280. The number of imidazole rings is 1. The van der Waals surface area contributed by atoms with Crippen molar-refractivity contribution in [3.63, 3.8) is 0 Å². The molecule has 180 valence electrons. The number of anilines is 1. The Morgan fingerprint density at radius 2 is 1.89 bits per heavy atom. The first-order valence-electron chi connectivity index (χ1n) is 12.3. The average Bonchev–Trinajstić information content (AvgIpc) is 3.52. The molecule has 4 aromatic rings. The molecule has 1 aliphatic heterocycles. The lowest BCUT2D eigenvalue weighted by molar-refractivity contribution is 0.102. The maximum Gasteiger partial charge on any atom is 0.255 e. The fourth-order valence-corrected chi connectivity index (χ4v) is 4.54. The van der Waals surface area contributed by atoms with Crippen molar-refractivity contribution in [1.29, 1.82) is 0 Å². The molecule has 1 saturated heterocycles. The first kappa shape index (κ1) is 23.1. The minimum atomic E-state index is -0.163. The number of aromatic nitrogens is 3. The number of nitrogens with zero attached hydrogens (tertiary/aromatic N) is 4. The van der Waals surface area contributed by atoms with Crippen molar-refractivity contribution in [3.8, 4) is 5.75 Å². The van der Waals surface area contributed by atoms with E-state index in [1.165, 1.54) is 25.9 Å². The van der Waals surface area contributed by atoms with Gasteiger partial charge in [-0.2, -0.15) is 0 Å². The van der Waals surface area contributed by atoms with Crippen LogP contribution in [0.15, 0.2) is 67.0 Å². The molecule has 1 aromatic carbocycles. The van der Waals surface area contributed by atoms with Crippen molar-refractivity contribution in [2.75, 3.05) is 25.0 Å². The number of carbonyl (C=O) groups excluding carboxylic acids is 1. The zero-order chi connectivity index (χ0) is 24.0. The lowest BCUT2D eigenvalue weighted by atomic mass is 10.2. The van der Waals surface area contributed by atoms with E-state index in [0.717, 1.165) is 47.8 Å². The summed E-state index contributed by atoms with van der Waals surface area (Å²) in [5.74, 6) is 0.532. The average molecular weight is 470 g/mol. The molecule has 4 heterocycles. The molecule has 35 heavy (non-hydrogen) atoms. The van der Waals surface area contributed by atoms with Gasteiger partial charge in [0.25, 0.3) is 5.91 Å². The van der Waals surface area contributed by atoms with Crippen LogP contribution in [-0.4, -0.2) is 44.8 Å². The van der Waals surface area contributed by atoms with Gasteiger partial charge >= 0.3 is 0 Å². The van der Waals surface area contributed by atoms with E-state index in [2.05, 4.69) is 26.5 Å². The Labute approximate surface area is 205 Å². The monoisotopic (exact) mass is 469 g/mol. The number of fused-ring (bicyclic) bond motifs is 1. The van der Waals surface area contributed by atoms with Crippen LogP contribution < -0.4 is 10.1 Å². The summed E-state index contributed by atoms with van der Waals surface area (Å²) in [4.78, 5) is 24.4. The predicted molar refractivity (Wildman–Crippen MR) is 137 cm³/mol. The molecular formula is C28H31N5O2. The van der Waals surface area contributed by atoms with E-state index in [4.69, 9.17) is 9.72 Å². The molecule has 3 aromatic heterocycles. The number of rotatable bonds is 9. The Balaban J connectivity index is 1.19. The Kier molecular flexibility index (Phi) is 7.04. The van der Waals surface area contributed by atoms with E-state index >= 15 is 0 Å². The highest BCUT2D eigenvalue weighted by molar-refractivity contribution is 6.04. The molecule has 1 amide bonds. The van der Waals surface area contributed by atoms with Crippen LogP contribution in [0.4, 0.5) is 5.69 Å². The molecule has 5 rings (SSSR count). The predicted octanol–water partition coefficient (Wildman–Crippen LogP) is 4.90. The van der Waals surface area contributed by atoms with Crippen LogP contribution in [-0.2, 0) is 13.0 Å². The SMILES string of the molecule is Cc1c(CCCN2CCCC2)nc2ccc(NC(=O)c3ccc(OCc4ccccn4)cc3)cn12. The van der Waals surface area contributed by atoms with Gasteiger partial charge in [0.1, 0.15) is 18.0 Å². The van der Waals surface area contributed by atoms with E-state index in [1.807, 2.05) is 36.5 Å². The maximum atomic E-state index is 12.8. The van der Waals surface area contributed by atoms with Crippen LogP contribution in [0.1, 0.15) is 46.7 Å². The van der Waals surface area contributed by atoms with E-state index in [1.54, 1.807) is 30.5 Å². The largest absolute Gasteiger partial charge is 0.487 e. The lowest BCUT2D eigenvalue weighted by Gasteiger charge is -2.13. The number of likely N-dealkylation sites (tertiary alicyclic amines) is 1. The van der Waals surface area contributed by atoms with E-state index in [0.29, 0.717) is 17.9 Å². The lowest BCUT2D eigenvalue weighted by Crippen LogP contribution is -2.20. The van der Waals surface area contributed by atoms with Gasteiger partial charge in [0, 0.05) is 23.7 Å². The van der Waals surface area contributed by atoms with E-state index < -0.39 is 0 Å². The standard InChI is InChI=1S/C28H31N5O2/c1-21-26(8-6-18-32-16-4-5-17-32)31-27-14-11-23(19-33(21)27)30-28(34)22-9-12-25(13-10-22)35-20-24-7-2-3-15-29-24/h2-3,7,9-15,19H,4-6,8,16-18,20H2,1H3,(H,30,34). The molecule has 0 unspecified atom stereocenters. The molecule has 0 saturated carbocycles. The van der Waals surface area contributed by atoms with Crippen molar-refractivity contribution in [2.24, 2.45) is 0 Å². The number of amides is 1. The number of nitrogens with one attached hydrogen (secondary N) is 1. The third-order valence-electron chi connectivity index (χ3n) is 6.53. The van der Waals surface area contributed by atoms with Crippen LogP contribution in [0, 0.1) is 6.92 Å². The molecule has 0 aliphatic carbocycles. The van der Waals surface area contributed by atoms with Crippen molar-refractivity contribution in [1.82, 2.24) is 19.3 Å². The van der Waals surface area contributed by atoms with Gasteiger partial charge in [-0.15, -0.1) is 0 Å². The normalized spacial score (nSPS) is 13.9. The molecule has 0 radical (unpaired) electrons. The van der Waals surface area contributed by atoms with Gasteiger partial charge in [0.15, 0.2) is 0 Å². The van der Waals surface area contributed by atoms with E-state index in [9.17, 15) is 4.79 Å². The summed E-state index contributed by atoms with van der Waals surface area (Å²) in [6, 6.07) is 16.7. The summed E-state index contributed by atoms with van der Waals surface area (Å²) in [6.07, 6.45) is 8.43. The molecule has 0 spiro atoms. The number of benzene rings is 1. The molecule has 7 nitrogen and oxygen atoms in total. The van der Waals surface area contributed by atoms with Crippen LogP contribution in [0.3, 0.4) is 0 Å². The second-order valence-electron chi connectivity index (χ2n) is 9.03. The van der Waals surface area contributed by atoms with Crippen LogP contribution >= 0.6 is 0 Å². The quantitative estimate of drug-likeness (QED) is 0.378. The summed E-state index contributed by atoms with van der Waals surface area (Å²) in [7, 11) is 0. The first-order chi connectivity index (χ1) is 17.2. The second kappa shape index (κ2) is 10.7. The highest BCUT2D eigenvalue weighted by atomic mass is 16.5. The Morgan fingerprint density at radius 3 is 2.66 bits per heavy atom. The molecule has 7 heteroatoms. The van der Waals surface area contributed by atoms with Gasteiger partial charge in [-0.1, -0.05) is 6.07 Å². The summed E-state index contributed by atoms with van der Waals surface area (Å²) >= 11 is 0. The summed E-state index contributed by atoms with van der Waals surface area (Å²) < 4.78 is 7.82. The highest BCUT2D eigenvalue weighted by Gasteiger charge is 2.14. The Hall–Kier alpha value is -3.71. The van der Waals surface area contributed by atoms with Crippen molar-refractivity contribution < 1.29 is 9.53 Å². The minimum absolute atomic E-state index is 0.163. The minimum Gasteiger partial charge on any atom is -0.487 e. The van der Waals surface area contributed by atoms with Gasteiger partial charge in [0.05, 0.1) is 17.1 Å². The Morgan fingerprint density at radius 1 is 1.06 bits per heavy atom. The van der Waals surface area contributed by atoms with Gasteiger partial charge in [0.2, 0.25) is 0 Å². The zero-order valence-electron chi connectivity index (χ0n) is 20.1. The number of pyridine rings is 2. The molecule has 0 bridgehead atoms. The van der Waals surface area contributed by atoms with E-state index in [-0.39, 0.29) is 5.91 Å². The second-order valence-corrected chi connectivity index (χ2v) is 9.03. The fourth-order valence-electron chi connectivity index (χ4n) is 4.54. The smallest absolute Gasteiger partial charge is 0.255 e. The summed E-state index contributed by atoms with van der Waals surface area (Å²) in [5, 5.41) is 3.00. The molecule has 1 aliphatic rings. The van der Waals surface area contributed by atoms with Crippen molar-refractivity contribution in [3.05, 3.63) is 89.6 Å². The number of hydrogen-bond donors (Lipinski definition) is 1. The number of aryl methyl sites for hydroxylation is 2. The third kappa shape index (κ3) is 5.69. The zero-order valence-corrected chi connectivity index (χ0v) is 20.1. The van der Waals surface area contributed by atoms with Crippen LogP contribution in [0.2, 0.25) is 0 Å². The molecule has 1 fully saturated rings. The summed E-state index contributed by atoms with van der Waals surface area (Å²) in [5.41, 5.74) is 5.34. The van der Waals surface area contributed by atoms with Gasteiger partial charge in [-0.3, -0.25) is 9.78 Å². The topological polar surface area (TPSA) is 71.8 Å². The number of ether oxygens (including phenoxy) is 1. The van der Waals surface area contributed by atoms with Gasteiger partial charge in [-0.25, -0.2) is 4.98 Å². The van der Waals surface area contributed by atoms with Crippen LogP contribution in [0.25, 0.3) is 5.65 Å². The van der Waals surface area contributed by atoms with Crippen molar-refractivity contribution in [2.45, 2.75) is 39.2 Å². The highest BCUT2D eigenvalue weighted by Crippen LogP contribution is 2.19. The van der Waals surface area contributed by atoms with Crippen LogP contribution in [0.5, 0.6) is 5.75 Å². The van der Waals surface area contributed by atoms with Gasteiger partial charge < -0.3 is 19.4 Å². The number of carbonyl (C=O) groups is 1. The molecular weight excluding hydrogens is 438 g/mol. The van der Waals surface area contributed by atoms with Crippen molar-refractivity contribution >= 4 is 17.2 Å². The molecule has 1 N–H and O–H groups in total. The number of hydrogen-bond acceptors (Lipinski definition) is 5. The first-order valence-corrected chi connectivity index (χ1v) is 12.3. The molecule has 0 atom stereocenters. The maximum absolute atomic E-state index is 12.8. The summed E-state index contributed by atoms with van der Waals surface area (Å²) in [6.45, 7) is 6.08.